The summed E-state index contributed by atoms with van der Waals surface area (Å²) in [5.74, 6) is -2.22. The van der Waals surface area contributed by atoms with Gasteiger partial charge in [-0.25, -0.2) is 4.79 Å². The van der Waals surface area contributed by atoms with Crippen molar-refractivity contribution < 1.29 is 22.8 Å². The number of alkyl halides is 3. The van der Waals surface area contributed by atoms with Crippen LogP contribution < -0.4 is 5.48 Å². The fourth-order valence-electron chi connectivity index (χ4n) is 0.277. The lowest BCUT2D eigenvalue weighted by Gasteiger charge is -2.05. The number of nitrogens with one attached hydrogen (secondary N) is 1. The van der Waals surface area contributed by atoms with Crippen molar-refractivity contribution in [1.82, 2.24) is 5.48 Å². The molecule has 1 N–H and O–H groups in total. The second kappa shape index (κ2) is 4.17. The molecule has 0 aliphatic heterocycles. The standard InChI is InChI=1S/C5H8F3NO2/c1-2-3-9-11-4(10)5(6,7)8/h9H,2-3H2,1H3. The molecule has 3 nitrogen and oxygen atoms in total. The number of halogens is 3. The number of hydrogen-bond donors (Lipinski definition) is 1. The summed E-state index contributed by atoms with van der Waals surface area (Å²) in [5.41, 5.74) is 1.87. The van der Waals surface area contributed by atoms with Crippen LogP contribution in [0.5, 0.6) is 0 Å². The molecule has 0 amide bonds. The molecule has 0 heterocycles. The topological polar surface area (TPSA) is 38.3 Å². The quantitative estimate of drug-likeness (QED) is 0.508. The Morgan fingerprint density at radius 3 is 2.45 bits per heavy atom. The molecule has 0 fully saturated rings. The van der Waals surface area contributed by atoms with Gasteiger partial charge in [0.2, 0.25) is 0 Å². The van der Waals surface area contributed by atoms with E-state index in [0.29, 0.717) is 6.42 Å². The van der Waals surface area contributed by atoms with E-state index >= 15 is 0 Å². The highest BCUT2D eigenvalue weighted by Gasteiger charge is 2.41. The Labute approximate surface area is 61.5 Å². The Bertz CT molecular complexity index is 134. The van der Waals surface area contributed by atoms with Crippen LogP contribution in [0.1, 0.15) is 13.3 Å². The van der Waals surface area contributed by atoms with Crippen LogP contribution in [-0.4, -0.2) is 18.7 Å². The number of carbonyl (C=O) groups is 1. The van der Waals surface area contributed by atoms with Crippen LogP contribution in [0.2, 0.25) is 0 Å². The number of rotatable bonds is 3. The first-order chi connectivity index (χ1) is 4.98. The third kappa shape index (κ3) is 4.60. The van der Waals surface area contributed by atoms with Gasteiger partial charge < -0.3 is 4.84 Å². The van der Waals surface area contributed by atoms with E-state index in [1.165, 1.54) is 0 Å². The molecule has 11 heavy (non-hydrogen) atoms. The first-order valence-electron chi connectivity index (χ1n) is 2.99. The summed E-state index contributed by atoms with van der Waals surface area (Å²) >= 11 is 0. The molecular weight excluding hydrogens is 163 g/mol. The highest BCUT2D eigenvalue weighted by molar-refractivity contribution is 5.75. The van der Waals surface area contributed by atoms with Gasteiger partial charge in [-0.2, -0.15) is 18.7 Å². The molecule has 0 aromatic rings. The van der Waals surface area contributed by atoms with Crippen molar-refractivity contribution in [3.05, 3.63) is 0 Å². The van der Waals surface area contributed by atoms with Crippen LogP contribution in [-0.2, 0) is 9.63 Å². The van der Waals surface area contributed by atoms with E-state index < -0.39 is 12.1 Å². The molecule has 0 rings (SSSR count). The first-order valence-corrected chi connectivity index (χ1v) is 2.99. The Morgan fingerprint density at radius 1 is 1.55 bits per heavy atom. The smallest absolute Gasteiger partial charge is 0.364 e. The molecule has 0 radical (unpaired) electrons. The van der Waals surface area contributed by atoms with Crippen LogP contribution in [0, 0.1) is 0 Å². The summed E-state index contributed by atoms with van der Waals surface area (Å²) in [5, 5.41) is 0. The average Bonchev–Trinajstić information content (AvgIpc) is 1.86. The Balaban J connectivity index is 3.54. The monoisotopic (exact) mass is 171 g/mol. The lowest BCUT2D eigenvalue weighted by Crippen LogP contribution is -2.31. The van der Waals surface area contributed by atoms with Gasteiger partial charge in [0.1, 0.15) is 0 Å². The van der Waals surface area contributed by atoms with E-state index in [0.717, 1.165) is 0 Å². The van der Waals surface area contributed by atoms with Gasteiger partial charge in [-0.1, -0.05) is 6.92 Å². The Hall–Kier alpha value is -0.780. The lowest BCUT2D eigenvalue weighted by atomic mass is 10.5. The van der Waals surface area contributed by atoms with E-state index in [9.17, 15) is 18.0 Å². The van der Waals surface area contributed by atoms with Gasteiger partial charge >= 0.3 is 12.1 Å². The maximum absolute atomic E-state index is 11.4. The van der Waals surface area contributed by atoms with Gasteiger partial charge in [0.15, 0.2) is 0 Å². The fourth-order valence-corrected chi connectivity index (χ4v) is 0.277. The summed E-state index contributed by atoms with van der Waals surface area (Å²) in [7, 11) is 0. The second-order valence-corrected chi connectivity index (χ2v) is 1.78. The summed E-state index contributed by atoms with van der Waals surface area (Å²) in [4.78, 5) is 13.6. The molecule has 0 unspecified atom stereocenters. The highest BCUT2D eigenvalue weighted by atomic mass is 19.4. The Kier molecular flexibility index (Phi) is 3.88. The molecule has 0 aliphatic carbocycles. The van der Waals surface area contributed by atoms with Crippen molar-refractivity contribution in [3.63, 3.8) is 0 Å². The molecule has 0 aliphatic rings. The predicted octanol–water partition coefficient (Wildman–Crippen LogP) is 1.01. The van der Waals surface area contributed by atoms with Crippen molar-refractivity contribution in [2.45, 2.75) is 19.5 Å². The molecule has 66 valence electrons. The molecule has 6 heteroatoms. The minimum Gasteiger partial charge on any atom is -0.364 e. The largest absolute Gasteiger partial charge is 0.492 e. The van der Waals surface area contributed by atoms with Gasteiger partial charge in [-0.05, 0) is 6.42 Å². The average molecular weight is 171 g/mol. The number of carbonyl (C=O) groups excluding carboxylic acids is 1. The normalized spacial score (nSPS) is 11.3. The summed E-state index contributed by atoms with van der Waals surface area (Å²) < 4.78 is 34.1. The third-order valence-electron chi connectivity index (χ3n) is 0.748. The summed E-state index contributed by atoms with van der Waals surface area (Å²) in [6.07, 6.45) is -4.33. The summed E-state index contributed by atoms with van der Waals surface area (Å²) in [6, 6.07) is 0. The van der Waals surface area contributed by atoms with Crippen LogP contribution >= 0.6 is 0 Å². The SMILES string of the molecule is CCCNOC(=O)C(F)(F)F. The van der Waals surface area contributed by atoms with Crippen molar-refractivity contribution >= 4 is 5.97 Å². The molecule has 0 aromatic carbocycles. The predicted molar refractivity (Wildman–Crippen MR) is 30.4 cm³/mol. The van der Waals surface area contributed by atoms with Gasteiger partial charge in [-0.15, -0.1) is 0 Å². The van der Waals surface area contributed by atoms with Gasteiger partial charge in [0.05, 0.1) is 0 Å². The van der Waals surface area contributed by atoms with E-state index in [1.54, 1.807) is 6.92 Å². The molecule has 0 aromatic heterocycles. The number of hydroxylamine groups is 1. The van der Waals surface area contributed by atoms with Gasteiger partial charge in [0.25, 0.3) is 0 Å². The van der Waals surface area contributed by atoms with E-state index in [2.05, 4.69) is 4.84 Å². The van der Waals surface area contributed by atoms with Crippen molar-refractivity contribution in [2.75, 3.05) is 6.54 Å². The Morgan fingerprint density at radius 2 is 2.09 bits per heavy atom. The van der Waals surface area contributed by atoms with Gasteiger partial charge in [0, 0.05) is 6.54 Å². The van der Waals surface area contributed by atoms with Gasteiger partial charge in [-0.3, -0.25) is 0 Å². The third-order valence-corrected chi connectivity index (χ3v) is 0.748. The maximum Gasteiger partial charge on any atom is 0.492 e. The molecule has 0 atom stereocenters. The van der Waals surface area contributed by atoms with Crippen molar-refractivity contribution in [1.29, 1.82) is 0 Å². The van der Waals surface area contributed by atoms with Crippen molar-refractivity contribution in [2.24, 2.45) is 0 Å². The zero-order valence-electron chi connectivity index (χ0n) is 5.86. The van der Waals surface area contributed by atoms with Crippen LogP contribution in [0.15, 0.2) is 0 Å². The van der Waals surface area contributed by atoms with Crippen LogP contribution in [0.25, 0.3) is 0 Å². The zero-order valence-corrected chi connectivity index (χ0v) is 5.86. The highest BCUT2D eigenvalue weighted by Crippen LogP contribution is 2.15. The zero-order chi connectivity index (χ0) is 8.91. The van der Waals surface area contributed by atoms with Crippen molar-refractivity contribution in [3.8, 4) is 0 Å². The second-order valence-electron chi connectivity index (χ2n) is 1.78. The molecule has 0 saturated heterocycles. The molecule has 0 saturated carbocycles. The lowest BCUT2D eigenvalue weighted by molar-refractivity contribution is -0.206. The van der Waals surface area contributed by atoms with Crippen LogP contribution in [0.3, 0.4) is 0 Å². The fraction of sp³-hybridized carbons (Fsp3) is 0.800. The van der Waals surface area contributed by atoms with E-state index in [4.69, 9.17) is 0 Å². The molecular formula is C5H8F3NO2. The minimum absolute atomic E-state index is 0.210. The minimum atomic E-state index is -4.92. The van der Waals surface area contributed by atoms with E-state index in [-0.39, 0.29) is 6.54 Å². The molecule has 0 bridgehead atoms. The van der Waals surface area contributed by atoms with Crippen LogP contribution in [0.4, 0.5) is 13.2 Å². The number of hydrogen-bond acceptors (Lipinski definition) is 3. The molecule has 0 spiro atoms. The summed E-state index contributed by atoms with van der Waals surface area (Å²) in [6.45, 7) is 1.94. The van der Waals surface area contributed by atoms with E-state index in [1.807, 2.05) is 5.48 Å². The maximum atomic E-state index is 11.4. The first kappa shape index (κ1) is 10.2.